The van der Waals surface area contributed by atoms with Gasteiger partial charge in [-0.3, -0.25) is 4.79 Å². The van der Waals surface area contributed by atoms with Crippen LogP contribution in [0.15, 0.2) is 36.4 Å². The van der Waals surface area contributed by atoms with Gasteiger partial charge in [-0.25, -0.2) is 4.39 Å². The van der Waals surface area contributed by atoms with E-state index in [-0.39, 0.29) is 23.9 Å². The van der Waals surface area contributed by atoms with Crippen molar-refractivity contribution in [2.24, 2.45) is 0 Å². The van der Waals surface area contributed by atoms with Gasteiger partial charge in [0.05, 0.1) is 0 Å². The van der Waals surface area contributed by atoms with Gasteiger partial charge >= 0.3 is 0 Å². The molecule has 0 saturated carbocycles. The highest BCUT2D eigenvalue weighted by atomic mass is 19.1. The Kier molecular flexibility index (Phi) is 4.35. The normalized spacial score (nSPS) is 21.1. The highest BCUT2D eigenvalue weighted by Gasteiger charge is 2.39. The molecule has 3 rings (SSSR count). The number of hydrogen-bond donors (Lipinski definition) is 1. The Morgan fingerprint density at radius 3 is 2.74 bits per heavy atom. The third-order valence-corrected chi connectivity index (χ3v) is 4.97. The van der Waals surface area contributed by atoms with E-state index in [4.69, 9.17) is 5.11 Å². The van der Waals surface area contributed by atoms with Crippen molar-refractivity contribution >= 4 is 16.7 Å². The molecule has 0 radical (unpaired) electrons. The van der Waals surface area contributed by atoms with Gasteiger partial charge in [0, 0.05) is 29.6 Å². The van der Waals surface area contributed by atoms with E-state index in [9.17, 15) is 9.18 Å². The minimum Gasteiger partial charge on any atom is -0.396 e. The molecule has 4 heteroatoms. The van der Waals surface area contributed by atoms with Crippen LogP contribution in [0.4, 0.5) is 4.39 Å². The van der Waals surface area contributed by atoms with Gasteiger partial charge in [-0.1, -0.05) is 24.3 Å². The molecule has 1 heterocycles. The summed E-state index contributed by atoms with van der Waals surface area (Å²) in [4.78, 5) is 15.0. The lowest BCUT2D eigenvalue weighted by molar-refractivity contribution is 0.0596. The number of carbonyl (C=O) groups is 1. The number of halogens is 1. The van der Waals surface area contributed by atoms with E-state index in [1.165, 1.54) is 6.07 Å². The molecule has 0 unspecified atom stereocenters. The predicted molar refractivity (Wildman–Crippen MR) is 88.9 cm³/mol. The van der Waals surface area contributed by atoms with E-state index in [2.05, 4.69) is 6.92 Å². The molecular weight excluding hydrogens is 293 g/mol. The fourth-order valence-electron chi connectivity index (χ4n) is 3.68. The summed E-state index contributed by atoms with van der Waals surface area (Å²) >= 11 is 0. The summed E-state index contributed by atoms with van der Waals surface area (Å²) in [6.07, 6.45) is 3.38. The summed E-state index contributed by atoms with van der Waals surface area (Å²) in [5.41, 5.74) is 0.328. The summed E-state index contributed by atoms with van der Waals surface area (Å²) < 4.78 is 14.0. The van der Waals surface area contributed by atoms with Crippen LogP contribution in [0, 0.1) is 5.82 Å². The van der Waals surface area contributed by atoms with Crippen molar-refractivity contribution in [1.82, 2.24) is 4.90 Å². The lowest BCUT2D eigenvalue weighted by Crippen LogP contribution is -2.45. The fraction of sp³-hybridized carbons (Fsp3) is 0.421. The number of aliphatic hydroxyl groups is 1. The number of fused-ring (bicyclic) bond motifs is 1. The highest BCUT2D eigenvalue weighted by molar-refractivity contribution is 6.07. The maximum Gasteiger partial charge on any atom is 0.254 e. The zero-order chi connectivity index (χ0) is 16.4. The Labute approximate surface area is 135 Å². The van der Waals surface area contributed by atoms with Crippen LogP contribution in [0.5, 0.6) is 0 Å². The molecular formula is C19H22FNO2. The minimum absolute atomic E-state index is 0.0425. The van der Waals surface area contributed by atoms with Crippen molar-refractivity contribution in [1.29, 1.82) is 0 Å². The van der Waals surface area contributed by atoms with Gasteiger partial charge in [0.25, 0.3) is 5.91 Å². The molecule has 2 aromatic rings. The largest absolute Gasteiger partial charge is 0.396 e. The van der Waals surface area contributed by atoms with Crippen LogP contribution in [0.1, 0.15) is 43.0 Å². The lowest BCUT2D eigenvalue weighted by atomic mass is 9.92. The molecule has 0 bridgehead atoms. The maximum absolute atomic E-state index is 14.0. The van der Waals surface area contributed by atoms with Crippen LogP contribution < -0.4 is 0 Å². The van der Waals surface area contributed by atoms with Crippen LogP contribution in [0.2, 0.25) is 0 Å². The lowest BCUT2D eigenvalue weighted by Gasteiger charge is -2.35. The van der Waals surface area contributed by atoms with Gasteiger partial charge in [-0.2, -0.15) is 0 Å². The minimum atomic E-state index is -0.304. The molecule has 1 aliphatic rings. The van der Waals surface area contributed by atoms with Gasteiger partial charge in [-0.05, 0) is 50.1 Å². The Bertz CT molecular complexity index is 730. The van der Waals surface area contributed by atoms with Crippen LogP contribution in [-0.2, 0) is 0 Å². The summed E-state index contributed by atoms with van der Waals surface area (Å²) in [5, 5.41) is 10.3. The first-order valence-corrected chi connectivity index (χ1v) is 8.17. The molecule has 1 aliphatic heterocycles. The van der Waals surface area contributed by atoms with Crippen molar-refractivity contribution in [2.75, 3.05) is 13.2 Å². The van der Waals surface area contributed by atoms with Gasteiger partial charge in [0.1, 0.15) is 5.82 Å². The molecule has 0 aliphatic carbocycles. The first kappa shape index (κ1) is 15.9. The second kappa shape index (κ2) is 6.28. The van der Waals surface area contributed by atoms with Crippen molar-refractivity contribution < 1.29 is 14.3 Å². The molecule has 122 valence electrons. The average molecular weight is 315 g/mol. The molecule has 1 atom stereocenters. The van der Waals surface area contributed by atoms with Crippen molar-refractivity contribution in [2.45, 2.75) is 38.1 Å². The number of nitrogens with zero attached hydrogens (tertiary/aromatic N) is 1. The first-order valence-electron chi connectivity index (χ1n) is 8.17. The van der Waals surface area contributed by atoms with Crippen LogP contribution in [-0.4, -0.2) is 34.6 Å². The van der Waals surface area contributed by atoms with E-state index >= 15 is 0 Å². The van der Waals surface area contributed by atoms with Gasteiger partial charge in [0.15, 0.2) is 0 Å². The smallest absolute Gasteiger partial charge is 0.254 e. The summed E-state index contributed by atoms with van der Waals surface area (Å²) in [7, 11) is 0. The number of carbonyl (C=O) groups excluding carboxylic acids is 1. The number of hydrogen-bond acceptors (Lipinski definition) is 2. The molecule has 1 fully saturated rings. The monoisotopic (exact) mass is 315 g/mol. The van der Waals surface area contributed by atoms with E-state index in [0.29, 0.717) is 29.3 Å². The summed E-state index contributed by atoms with van der Waals surface area (Å²) in [6, 6.07) is 10.1. The second-order valence-electron chi connectivity index (χ2n) is 6.52. The zero-order valence-electron chi connectivity index (χ0n) is 13.4. The molecule has 1 N–H and O–H groups in total. The molecule has 23 heavy (non-hydrogen) atoms. The van der Waals surface area contributed by atoms with Gasteiger partial charge in [-0.15, -0.1) is 0 Å². The predicted octanol–water partition coefficient (Wildman–Crippen LogP) is 3.75. The fourth-order valence-corrected chi connectivity index (χ4v) is 3.68. The third kappa shape index (κ3) is 2.83. The number of likely N-dealkylation sites (tertiary alicyclic amines) is 1. The Morgan fingerprint density at radius 2 is 2.00 bits per heavy atom. The molecule has 2 aromatic carbocycles. The Balaban J connectivity index is 1.99. The highest BCUT2D eigenvalue weighted by Crippen LogP contribution is 2.35. The average Bonchev–Trinajstić information content (AvgIpc) is 2.95. The van der Waals surface area contributed by atoms with E-state index in [1.807, 2.05) is 11.0 Å². The second-order valence-corrected chi connectivity index (χ2v) is 6.52. The topological polar surface area (TPSA) is 40.5 Å². The SMILES string of the molecule is C[C@@]1(CCCO)CCCN1C(=O)c1ccc(F)c2ccccc12. The van der Waals surface area contributed by atoms with Crippen LogP contribution >= 0.6 is 0 Å². The summed E-state index contributed by atoms with van der Waals surface area (Å²) in [5.74, 6) is -0.347. The summed E-state index contributed by atoms with van der Waals surface area (Å²) in [6.45, 7) is 2.93. The number of benzene rings is 2. The molecule has 1 saturated heterocycles. The first-order chi connectivity index (χ1) is 11.1. The maximum atomic E-state index is 14.0. The van der Waals surface area contributed by atoms with Crippen molar-refractivity contribution in [3.8, 4) is 0 Å². The van der Waals surface area contributed by atoms with Crippen LogP contribution in [0.3, 0.4) is 0 Å². The van der Waals surface area contributed by atoms with E-state index in [1.54, 1.807) is 24.3 Å². The zero-order valence-corrected chi connectivity index (χ0v) is 13.4. The number of amides is 1. The van der Waals surface area contributed by atoms with E-state index < -0.39 is 0 Å². The van der Waals surface area contributed by atoms with Gasteiger partial charge in [0.2, 0.25) is 0 Å². The number of rotatable bonds is 4. The Morgan fingerprint density at radius 1 is 1.26 bits per heavy atom. The molecule has 3 nitrogen and oxygen atoms in total. The standard InChI is InChI=1S/C19H22FNO2/c1-19(11-5-13-22)10-4-12-21(19)18(23)16-8-9-17(20)15-7-3-2-6-14(15)16/h2-3,6-9,22H,4-5,10-13H2,1H3/t19-/m0/s1. The van der Waals surface area contributed by atoms with Crippen LogP contribution in [0.25, 0.3) is 10.8 Å². The van der Waals surface area contributed by atoms with Crippen molar-refractivity contribution in [3.05, 3.63) is 47.8 Å². The molecule has 0 spiro atoms. The molecule has 0 aromatic heterocycles. The van der Waals surface area contributed by atoms with Crippen molar-refractivity contribution in [3.63, 3.8) is 0 Å². The number of aliphatic hydroxyl groups excluding tert-OH is 1. The molecule has 1 amide bonds. The Hall–Kier alpha value is -1.94. The quantitative estimate of drug-likeness (QED) is 0.933. The van der Waals surface area contributed by atoms with E-state index in [0.717, 1.165) is 19.3 Å². The van der Waals surface area contributed by atoms with Gasteiger partial charge < -0.3 is 10.0 Å². The third-order valence-electron chi connectivity index (χ3n) is 4.97.